The zero-order valence-corrected chi connectivity index (χ0v) is 13.8. The van der Waals surface area contributed by atoms with Crippen molar-refractivity contribution in [2.75, 3.05) is 33.9 Å². The number of fused-ring (bicyclic) bond motifs is 1. The molecule has 6 nitrogen and oxygen atoms in total. The Labute approximate surface area is 135 Å². The molecule has 23 heavy (non-hydrogen) atoms. The van der Waals surface area contributed by atoms with Gasteiger partial charge in [-0.15, -0.1) is 0 Å². The fourth-order valence-electron chi connectivity index (χ4n) is 3.11. The summed E-state index contributed by atoms with van der Waals surface area (Å²) in [5.41, 5.74) is 1.42. The maximum atomic E-state index is 12.0. The molecular formula is C17H23N3O3. The van der Waals surface area contributed by atoms with E-state index in [1.807, 2.05) is 25.1 Å². The second kappa shape index (κ2) is 6.22. The molecule has 1 amide bonds. The Bertz CT molecular complexity index is 712. The topological polar surface area (TPSA) is 66.6 Å². The summed E-state index contributed by atoms with van der Waals surface area (Å²) >= 11 is 0. The molecule has 2 heterocycles. The number of amides is 1. The SMILES string of the molecule is CNC(=O)[C@@]1(C)CN(Cc2cc3cc(OC)ccc3[nH]2)CCO1. The summed E-state index contributed by atoms with van der Waals surface area (Å²) in [7, 11) is 3.31. The van der Waals surface area contributed by atoms with E-state index in [-0.39, 0.29) is 5.91 Å². The van der Waals surface area contributed by atoms with E-state index in [4.69, 9.17) is 9.47 Å². The molecule has 6 heteroatoms. The average Bonchev–Trinajstić information content (AvgIpc) is 2.95. The van der Waals surface area contributed by atoms with Gasteiger partial charge in [0, 0.05) is 43.3 Å². The van der Waals surface area contributed by atoms with Gasteiger partial charge in [0.05, 0.1) is 13.7 Å². The third-order valence-electron chi connectivity index (χ3n) is 4.34. The Kier molecular flexibility index (Phi) is 4.28. The fraction of sp³-hybridized carbons (Fsp3) is 0.471. The Morgan fingerprint density at radius 2 is 2.30 bits per heavy atom. The van der Waals surface area contributed by atoms with E-state index in [1.54, 1.807) is 14.2 Å². The highest BCUT2D eigenvalue weighted by molar-refractivity contribution is 5.85. The number of nitrogens with zero attached hydrogens (tertiary/aromatic N) is 1. The van der Waals surface area contributed by atoms with Crippen molar-refractivity contribution >= 4 is 16.8 Å². The lowest BCUT2D eigenvalue weighted by Gasteiger charge is -2.38. The van der Waals surface area contributed by atoms with Gasteiger partial charge in [-0.25, -0.2) is 0 Å². The van der Waals surface area contributed by atoms with Crippen LogP contribution in [0.15, 0.2) is 24.3 Å². The number of benzene rings is 1. The van der Waals surface area contributed by atoms with E-state index >= 15 is 0 Å². The van der Waals surface area contributed by atoms with Gasteiger partial charge < -0.3 is 19.8 Å². The second-order valence-corrected chi connectivity index (χ2v) is 6.12. The lowest BCUT2D eigenvalue weighted by Crippen LogP contribution is -2.57. The first-order valence-corrected chi connectivity index (χ1v) is 7.78. The Balaban J connectivity index is 1.75. The van der Waals surface area contributed by atoms with Crippen molar-refractivity contribution in [2.24, 2.45) is 0 Å². The summed E-state index contributed by atoms with van der Waals surface area (Å²) < 4.78 is 11.0. The van der Waals surface area contributed by atoms with Crippen LogP contribution in [0.2, 0.25) is 0 Å². The minimum Gasteiger partial charge on any atom is -0.497 e. The van der Waals surface area contributed by atoms with Crippen molar-refractivity contribution in [1.29, 1.82) is 0 Å². The predicted octanol–water partition coefficient (Wildman–Crippen LogP) is 1.51. The molecule has 124 valence electrons. The van der Waals surface area contributed by atoms with E-state index < -0.39 is 5.60 Å². The van der Waals surface area contributed by atoms with Gasteiger partial charge in [-0.05, 0) is 31.2 Å². The van der Waals surface area contributed by atoms with Crippen molar-refractivity contribution in [1.82, 2.24) is 15.2 Å². The number of H-pyrrole nitrogens is 1. The molecule has 1 aromatic carbocycles. The maximum absolute atomic E-state index is 12.0. The van der Waals surface area contributed by atoms with E-state index in [2.05, 4.69) is 21.3 Å². The number of ether oxygens (including phenoxy) is 2. The van der Waals surface area contributed by atoms with Crippen LogP contribution in [-0.4, -0.2) is 55.2 Å². The van der Waals surface area contributed by atoms with Crippen molar-refractivity contribution < 1.29 is 14.3 Å². The van der Waals surface area contributed by atoms with E-state index in [0.29, 0.717) is 13.2 Å². The summed E-state index contributed by atoms with van der Waals surface area (Å²) in [4.78, 5) is 17.7. The van der Waals surface area contributed by atoms with Gasteiger partial charge in [0.15, 0.2) is 5.60 Å². The van der Waals surface area contributed by atoms with Gasteiger partial charge in [-0.2, -0.15) is 0 Å². The summed E-state index contributed by atoms with van der Waals surface area (Å²) in [6.45, 7) is 4.54. The Morgan fingerprint density at radius 3 is 3.04 bits per heavy atom. The van der Waals surface area contributed by atoms with Crippen LogP contribution in [0.3, 0.4) is 0 Å². The van der Waals surface area contributed by atoms with Crippen LogP contribution in [0.4, 0.5) is 0 Å². The first kappa shape index (κ1) is 15.8. The molecule has 1 atom stereocenters. The van der Waals surface area contributed by atoms with E-state index in [9.17, 15) is 4.79 Å². The molecule has 1 aliphatic heterocycles. The van der Waals surface area contributed by atoms with Crippen LogP contribution in [0.1, 0.15) is 12.6 Å². The largest absolute Gasteiger partial charge is 0.497 e. The van der Waals surface area contributed by atoms with E-state index in [1.165, 1.54) is 0 Å². The van der Waals surface area contributed by atoms with Crippen LogP contribution in [0, 0.1) is 0 Å². The summed E-state index contributed by atoms with van der Waals surface area (Å²) in [5, 5.41) is 3.81. The number of hydrogen-bond acceptors (Lipinski definition) is 4. The quantitative estimate of drug-likeness (QED) is 0.897. The highest BCUT2D eigenvalue weighted by atomic mass is 16.5. The third-order valence-corrected chi connectivity index (χ3v) is 4.34. The molecule has 1 fully saturated rings. The van der Waals surface area contributed by atoms with Gasteiger partial charge >= 0.3 is 0 Å². The first-order valence-electron chi connectivity index (χ1n) is 7.78. The molecule has 2 aromatic rings. The molecule has 1 aromatic heterocycles. The van der Waals surface area contributed by atoms with Gasteiger partial charge in [-0.1, -0.05) is 0 Å². The summed E-state index contributed by atoms with van der Waals surface area (Å²) in [5.74, 6) is 0.769. The Hall–Kier alpha value is -2.05. The number of methoxy groups -OCH3 is 1. The molecule has 3 rings (SSSR count). The number of hydrogen-bond donors (Lipinski definition) is 2. The van der Waals surface area contributed by atoms with Crippen molar-refractivity contribution in [3.05, 3.63) is 30.0 Å². The third kappa shape index (κ3) is 3.18. The number of carbonyl (C=O) groups excluding carboxylic acids is 1. The van der Waals surface area contributed by atoms with Crippen LogP contribution < -0.4 is 10.1 Å². The predicted molar refractivity (Wildman–Crippen MR) is 88.6 cm³/mol. The minimum absolute atomic E-state index is 0.0800. The molecule has 2 N–H and O–H groups in total. The van der Waals surface area contributed by atoms with E-state index in [0.717, 1.165) is 35.4 Å². The van der Waals surface area contributed by atoms with Gasteiger partial charge in [-0.3, -0.25) is 9.69 Å². The number of rotatable bonds is 4. The van der Waals surface area contributed by atoms with Crippen LogP contribution in [0.5, 0.6) is 5.75 Å². The number of aromatic amines is 1. The highest BCUT2D eigenvalue weighted by Crippen LogP contribution is 2.24. The number of nitrogens with one attached hydrogen (secondary N) is 2. The van der Waals surface area contributed by atoms with Crippen LogP contribution in [-0.2, 0) is 16.1 Å². The normalized spacial score (nSPS) is 22.2. The molecular weight excluding hydrogens is 294 g/mol. The lowest BCUT2D eigenvalue weighted by atomic mass is 10.0. The summed E-state index contributed by atoms with van der Waals surface area (Å²) in [6.07, 6.45) is 0. The van der Waals surface area contributed by atoms with Crippen molar-refractivity contribution in [3.8, 4) is 5.75 Å². The van der Waals surface area contributed by atoms with Crippen molar-refractivity contribution in [2.45, 2.75) is 19.1 Å². The fourth-order valence-corrected chi connectivity index (χ4v) is 3.11. The molecule has 0 bridgehead atoms. The molecule has 0 radical (unpaired) electrons. The zero-order chi connectivity index (χ0) is 16.4. The minimum atomic E-state index is -0.789. The molecule has 1 saturated heterocycles. The molecule has 0 spiro atoms. The molecule has 0 saturated carbocycles. The number of carbonyl (C=O) groups is 1. The van der Waals surface area contributed by atoms with Gasteiger partial charge in [0.1, 0.15) is 5.75 Å². The zero-order valence-electron chi connectivity index (χ0n) is 13.8. The maximum Gasteiger partial charge on any atom is 0.253 e. The molecule has 0 aliphatic carbocycles. The van der Waals surface area contributed by atoms with Crippen molar-refractivity contribution in [3.63, 3.8) is 0 Å². The number of morpholine rings is 1. The van der Waals surface area contributed by atoms with Crippen LogP contribution >= 0.6 is 0 Å². The molecule has 1 aliphatic rings. The lowest BCUT2D eigenvalue weighted by molar-refractivity contribution is -0.156. The van der Waals surface area contributed by atoms with Crippen LogP contribution in [0.25, 0.3) is 10.9 Å². The second-order valence-electron chi connectivity index (χ2n) is 6.12. The summed E-state index contributed by atoms with van der Waals surface area (Å²) in [6, 6.07) is 8.11. The Morgan fingerprint density at radius 1 is 1.48 bits per heavy atom. The van der Waals surface area contributed by atoms with Gasteiger partial charge in [0.2, 0.25) is 0 Å². The standard InChI is InChI=1S/C17H23N3O3/c1-17(16(21)18-2)11-20(6-7-23-17)10-13-8-12-9-14(22-3)4-5-15(12)19-13/h4-5,8-9,19H,6-7,10-11H2,1-3H3,(H,18,21)/t17-/m1/s1. The average molecular weight is 317 g/mol. The number of aromatic nitrogens is 1. The van der Waals surface area contributed by atoms with Gasteiger partial charge in [0.25, 0.3) is 5.91 Å². The number of likely N-dealkylation sites (N-methyl/N-ethyl adjacent to an activating group) is 1. The smallest absolute Gasteiger partial charge is 0.253 e. The molecule has 0 unspecified atom stereocenters. The monoisotopic (exact) mass is 317 g/mol. The highest BCUT2D eigenvalue weighted by Gasteiger charge is 2.38. The first-order chi connectivity index (χ1) is 11.0.